The third-order valence-electron chi connectivity index (χ3n) is 4.21. The fourth-order valence-corrected chi connectivity index (χ4v) is 2.83. The van der Waals surface area contributed by atoms with Crippen LogP contribution in [0.3, 0.4) is 0 Å². The third kappa shape index (κ3) is 4.02. The minimum absolute atomic E-state index is 0.00606. The molecule has 0 amide bonds. The van der Waals surface area contributed by atoms with Crippen molar-refractivity contribution in [3.63, 3.8) is 0 Å². The highest BCUT2D eigenvalue weighted by Gasteiger charge is 2.30. The van der Waals surface area contributed by atoms with E-state index in [9.17, 15) is 27.6 Å². The standard InChI is InChI=1S/C17H17F3N4O3/c1-4-22-7-12(6-21)15(26)23(16(22)27)8-14(25)13-5-10(2)24(11(13)3)9-17(18,19)20/h5,7H,4,8-9H2,1-3H3. The van der Waals surface area contributed by atoms with E-state index in [4.69, 9.17) is 5.26 Å². The molecule has 144 valence electrons. The molecule has 0 aromatic carbocycles. The monoisotopic (exact) mass is 382 g/mol. The fraction of sp³-hybridized carbons (Fsp3) is 0.412. The molecule has 0 unspecified atom stereocenters. The van der Waals surface area contributed by atoms with E-state index in [0.717, 1.165) is 15.3 Å². The molecule has 2 rings (SSSR count). The SMILES string of the molecule is CCn1cc(C#N)c(=O)n(CC(=O)c2cc(C)n(CC(F)(F)F)c2C)c1=O. The number of hydrogen-bond donors (Lipinski definition) is 0. The maximum atomic E-state index is 12.7. The molecule has 0 spiro atoms. The number of halogens is 3. The van der Waals surface area contributed by atoms with E-state index >= 15 is 0 Å². The number of nitriles is 1. The van der Waals surface area contributed by atoms with Crippen LogP contribution in [-0.4, -0.2) is 25.7 Å². The van der Waals surface area contributed by atoms with E-state index in [-0.39, 0.29) is 29.1 Å². The summed E-state index contributed by atoms with van der Waals surface area (Å²) in [4.78, 5) is 37.1. The number of alkyl halides is 3. The second kappa shape index (κ2) is 7.26. The first-order chi connectivity index (χ1) is 12.5. The maximum absolute atomic E-state index is 12.7. The first kappa shape index (κ1) is 20.2. The van der Waals surface area contributed by atoms with Crippen molar-refractivity contribution < 1.29 is 18.0 Å². The number of carbonyl (C=O) groups is 1. The maximum Gasteiger partial charge on any atom is 0.406 e. The fourth-order valence-electron chi connectivity index (χ4n) is 2.83. The second-order valence-corrected chi connectivity index (χ2v) is 6.02. The van der Waals surface area contributed by atoms with Crippen molar-refractivity contribution in [2.75, 3.05) is 0 Å². The van der Waals surface area contributed by atoms with Crippen LogP contribution < -0.4 is 11.2 Å². The van der Waals surface area contributed by atoms with Crippen LogP contribution in [0, 0.1) is 25.2 Å². The number of aromatic nitrogens is 3. The molecule has 2 aromatic rings. The van der Waals surface area contributed by atoms with Crippen molar-refractivity contribution in [2.24, 2.45) is 0 Å². The average molecular weight is 382 g/mol. The molecule has 0 saturated heterocycles. The van der Waals surface area contributed by atoms with Gasteiger partial charge in [-0.1, -0.05) is 0 Å². The number of ketones is 1. The summed E-state index contributed by atoms with van der Waals surface area (Å²) in [6, 6.07) is 2.96. The predicted molar refractivity (Wildman–Crippen MR) is 89.6 cm³/mol. The van der Waals surface area contributed by atoms with Crippen LogP contribution >= 0.6 is 0 Å². The van der Waals surface area contributed by atoms with Crippen molar-refractivity contribution >= 4 is 5.78 Å². The quantitative estimate of drug-likeness (QED) is 0.737. The van der Waals surface area contributed by atoms with Gasteiger partial charge in [-0.05, 0) is 26.8 Å². The summed E-state index contributed by atoms with van der Waals surface area (Å²) in [7, 11) is 0. The first-order valence-corrected chi connectivity index (χ1v) is 8.01. The molecular weight excluding hydrogens is 365 g/mol. The predicted octanol–water partition coefficient (Wildman–Crippen LogP) is 1.77. The summed E-state index contributed by atoms with van der Waals surface area (Å²) in [5.41, 5.74) is -1.66. The summed E-state index contributed by atoms with van der Waals surface area (Å²) in [5.74, 6) is -0.687. The summed E-state index contributed by atoms with van der Waals surface area (Å²) < 4.78 is 40.8. The zero-order chi connectivity index (χ0) is 20.5. The summed E-state index contributed by atoms with van der Waals surface area (Å²) in [6.07, 6.45) is -3.34. The highest BCUT2D eigenvalue weighted by molar-refractivity contribution is 5.97. The highest BCUT2D eigenvalue weighted by Crippen LogP contribution is 2.23. The number of aryl methyl sites for hydroxylation is 2. The van der Waals surface area contributed by atoms with Crippen molar-refractivity contribution in [2.45, 2.75) is 46.6 Å². The van der Waals surface area contributed by atoms with Gasteiger partial charge < -0.3 is 4.57 Å². The molecule has 2 aromatic heterocycles. The van der Waals surface area contributed by atoms with Gasteiger partial charge in [0.2, 0.25) is 0 Å². The van der Waals surface area contributed by atoms with Gasteiger partial charge in [-0.25, -0.2) is 4.79 Å². The Bertz CT molecular complexity index is 1050. The summed E-state index contributed by atoms with van der Waals surface area (Å²) in [5, 5.41) is 9.02. The van der Waals surface area contributed by atoms with Gasteiger partial charge in [0.15, 0.2) is 5.78 Å². The van der Waals surface area contributed by atoms with Gasteiger partial charge in [-0.2, -0.15) is 18.4 Å². The molecule has 0 atom stereocenters. The Morgan fingerprint density at radius 1 is 1.22 bits per heavy atom. The normalized spacial score (nSPS) is 11.4. The minimum Gasteiger partial charge on any atom is -0.339 e. The lowest BCUT2D eigenvalue weighted by Crippen LogP contribution is -2.42. The lowest BCUT2D eigenvalue weighted by atomic mass is 10.1. The molecule has 0 N–H and O–H groups in total. The van der Waals surface area contributed by atoms with Crippen molar-refractivity contribution in [1.82, 2.24) is 13.7 Å². The molecule has 0 aliphatic heterocycles. The molecule has 2 heterocycles. The molecule has 0 aliphatic carbocycles. The molecule has 0 radical (unpaired) electrons. The molecule has 0 fully saturated rings. The average Bonchev–Trinajstić information content (AvgIpc) is 2.85. The zero-order valence-corrected chi connectivity index (χ0v) is 14.9. The minimum atomic E-state index is -4.46. The van der Waals surface area contributed by atoms with Crippen LogP contribution in [-0.2, 0) is 19.6 Å². The summed E-state index contributed by atoms with van der Waals surface area (Å²) >= 11 is 0. The van der Waals surface area contributed by atoms with Crippen LogP contribution in [0.5, 0.6) is 0 Å². The Kier molecular flexibility index (Phi) is 5.44. The third-order valence-corrected chi connectivity index (χ3v) is 4.21. The van der Waals surface area contributed by atoms with Crippen LogP contribution in [0.1, 0.15) is 34.2 Å². The van der Waals surface area contributed by atoms with Gasteiger partial charge in [0.1, 0.15) is 18.2 Å². The van der Waals surface area contributed by atoms with Crippen LogP contribution in [0.4, 0.5) is 13.2 Å². The van der Waals surface area contributed by atoms with E-state index in [1.54, 1.807) is 13.0 Å². The van der Waals surface area contributed by atoms with Gasteiger partial charge in [-0.3, -0.25) is 18.7 Å². The molecule has 0 bridgehead atoms. The Morgan fingerprint density at radius 2 is 1.85 bits per heavy atom. The summed E-state index contributed by atoms with van der Waals surface area (Å²) in [6.45, 7) is 2.70. The van der Waals surface area contributed by atoms with Crippen molar-refractivity contribution in [3.05, 3.63) is 55.6 Å². The molecule has 10 heteroatoms. The zero-order valence-electron chi connectivity index (χ0n) is 14.9. The Morgan fingerprint density at radius 3 is 2.37 bits per heavy atom. The molecule has 0 saturated carbocycles. The largest absolute Gasteiger partial charge is 0.406 e. The van der Waals surface area contributed by atoms with Crippen LogP contribution in [0.25, 0.3) is 0 Å². The van der Waals surface area contributed by atoms with E-state index in [1.807, 2.05) is 0 Å². The second-order valence-electron chi connectivity index (χ2n) is 6.02. The number of nitrogens with zero attached hydrogens (tertiary/aromatic N) is 4. The Balaban J connectivity index is 2.48. The van der Waals surface area contributed by atoms with Crippen molar-refractivity contribution in [3.8, 4) is 6.07 Å². The van der Waals surface area contributed by atoms with Gasteiger partial charge in [0.05, 0.1) is 6.54 Å². The van der Waals surface area contributed by atoms with E-state index in [2.05, 4.69) is 0 Å². The number of carbonyl (C=O) groups excluding carboxylic acids is 1. The molecule has 27 heavy (non-hydrogen) atoms. The number of hydrogen-bond acceptors (Lipinski definition) is 4. The van der Waals surface area contributed by atoms with Crippen LogP contribution in [0.2, 0.25) is 0 Å². The molecule has 0 aliphatic rings. The topological polar surface area (TPSA) is 89.8 Å². The number of Topliss-reactive ketones (excluding diaryl/α,β-unsaturated/α-hetero) is 1. The van der Waals surface area contributed by atoms with E-state index < -0.39 is 36.3 Å². The van der Waals surface area contributed by atoms with Crippen LogP contribution in [0.15, 0.2) is 21.9 Å². The molecule has 7 nitrogen and oxygen atoms in total. The van der Waals surface area contributed by atoms with Crippen molar-refractivity contribution in [1.29, 1.82) is 5.26 Å². The van der Waals surface area contributed by atoms with Gasteiger partial charge in [-0.15, -0.1) is 0 Å². The smallest absolute Gasteiger partial charge is 0.339 e. The first-order valence-electron chi connectivity index (χ1n) is 8.01. The lowest BCUT2D eigenvalue weighted by Gasteiger charge is -2.12. The highest BCUT2D eigenvalue weighted by atomic mass is 19.4. The Hall–Kier alpha value is -3.09. The van der Waals surface area contributed by atoms with E-state index in [0.29, 0.717) is 4.57 Å². The Labute approximate surface area is 151 Å². The van der Waals surface area contributed by atoms with E-state index in [1.165, 1.54) is 19.9 Å². The van der Waals surface area contributed by atoms with Gasteiger partial charge in [0.25, 0.3) is 5.56 Å². The van der Waals surface area contributed by atoms with Gasteiger partial charge >= 0.3 is 11.9 Å². The lowest BCUT2D eigenvalue weighted by molar-refractivity contribution is -0.141. The van der Waals surface area contributed by atoms with Gasteiger partial charge in [0, 0.05) is 29.7 Å². The number of rotatable bonds is 5. The molecular formula is C17H17F3N4O3.